The van der Waals surface area contributed by atoms with Gasteiger partial charge in [0.1, 0.15) is 11.5 Å². The van der Waals surface area contributed by atoms with Gasteiger partial charge in [0.25, 0.3) is 0 Å². The van der Waals surface area contributed by atoms with Crippen LogP contribution in [0.15, 0.2) is 36.4 Å². The van der Waals surface area contributed by atoms with Gasteiger partial charge in [-0.2, -0.15) is 0 Å². The smallest absolute Gasteiger partial charge is 0.315 e. The standard InChI is InChI=1S/C14H11BrClNO4/c1-20-10-5-6-13(12(7-10)17(18)19)21-14-9(8-15)3-2-4-11(14)16/h2-7H,8H2,1H3. The van der Waals surface area contributed by atoms with Gasteiger partial charge in [0.15, 0.2) is 0 Å². The summed E-state index contributed by atoms with van der Waals surface area (Å²) in [6.07, 6.45) is 0. The summed E-state index contributed by atoms with van der Waals surface area (Å²) in [5.41, 5.74) is 0.613. The van der Waals surface area contributed by atoms with Crippen LogP contribution in [0, 0.1) is 10.1 Å². The largest absolute Gasteiger partial charge is 0.496 e. The number of hydrogen-bond donors (Lipinski definition) is 0. The van der Waals surface area contributed by atoms with Gasteiger partial charge < -0.3 is 9.47 Å². The van der Waals surface area contributed by atoms with Crippen molar-refractivity contribution >= 4 is 33.2 Å². The van der Waals surface area contributed by atoms with Crippen LogP contribution in [0.25, 0.3) is 0 Å². The van der Waals surface area contributed by atoms with E-state index in [9.17, 15) is 10.1 Å². The SMILES string of the molecule is COc1ccc(Oc2c(Cl)cccc2CBr)c([N+](=O)[O-])c1. The number of benzene rings is 2. The van der Waals surface area contributed by atoms with E-state index in [0.717, 1.165) is 5.56 Å². The highest BCUT2D eigenvalue weighted by atomic mass is 79.9. The van der Waals surface area contributed by atoms with Crippen molar-refractivity contribution in [3.8, 4) is 17.2 Å². The molecule has 0 saturated carbocycles. The van der Waals surface area contributed by atoms with Gasteiger partial charge in [-0.25, -0.2) is 0 Å². The van der Waals surface area contributed by atoms with Gasteiger partial charge in [-0.3, -0.25) is 10.1 Å². The van der Waals surface area contributed by atoms with Crippen molar-refractivity contribution in [2.75, 3.05) is 7.11 Å². The van der Waals surface area contributed by atoms with E-state index in [0.29, 0.717) is 21.9 Å². The van der Waals surface area contributed by atoms with Gasteiger partial charge in [-0.15, -0.1) is 0 Å². The third kappa shape index (κ3) is 3.46. The Morgan fingerprint density at radius 1 is 1.33 bits per heavy atom. The first-order valence-electron chi connectivity index (χ1n) is 5.90. The molecule has 2 rings (SSSR count). The minimum absolute atomic E-state index is 0.108. The topological polar surface area (TPSA) is 61.6 Å². The molecular formula is C14H11BrClNO4. The zero-order chi connectivity index (χ0) is 15.4. The van der Waals surface area contributed by atoms with Gasteiger partial charge in [-0.1, -0.05) is 39.7 Å². The van der Waals surface area contributed by atoms with Crippen LogP contribution in [0.1, 0.15) is 5.56 Å². The summed E-state index contributed by atoms with van der Waals surface area (Å²) < 4.78 is 10.6. The van der Waals surface area contributed by atoms with Crippen LogP contribution in [-0.2, 0) is 5.33 Å². The van der Waals surface area contributed by atoms with E-state index >= 15 is 0 Å². The second-order valence-corrected chi connectivity index (χ2v) is 5.02. The predicted molar refractivity (Wildman–Crippen MR) is 83.8 cm³/mol. The number of alkyl halides is 1. The van der Waals surface area contributed by atoms with Crippen molar-refractivity contribution in [2.45, 2.75) is 5.33 Å². The van der Waals surface area contributed by atoms with Gasteiger partial charge >= 0.3 is 5.69 Å². The Morgan fingerprint density at radius 3 is 2.71 bits per heavy atom. The van der Waals surface area contributed by atoms with Crippen LogP contribution in [0.5, 0.6) is 17.2 Å². The van der Waals surface area contributed by atoms with Gasteiger partial charge in [0.05, 0.1) is 23.1 Å². The Morgan fingerprint density at radius 2 is 2.10 bits per heavy atom. The highest BCUT2D eigenvalue weighted by molar-refractivity contribution is 9.08. The molecule has 0 aliphatic rings. The van der Waals surface area contributed by atoms with Crippen LogP contribution >= 0.6 is 27.5 Å². The van der Waals surface area contributed by atoms with Crippen molar-refractivity contribution in [2.24, 2.45) is 0 Å². The summed E-state index contributed by atoms with van der Waals surface area (Å²) in [6.45, 7) is 0. The molecule has 0 aliphatic carbocycles. The minimum Gasteiger partial charge on any atom is -0.496 e. The number of hydrogen-bond acceptors (Lipinski definition) is 4. The highest BCUT2D eigenvalue weighted by Crippen LogP contribution is 2.39. The van der Waals surface area contributed by atoms with Crippen LogP contribution in [-0.4, -0.2) is 12.0 Å². The summed E-state index contributed by atoms with van der Waals surface area (Å²) in [6, 6.07) is 9.66. The molecule has 2 aromatic carbocycles. The maximum atomic E-state index is 11.1. The Bertz CT molecular complexity index is 678. The Kier molecular flexibility index (Phi) is 5.03. The molecule has 5 nitrogen and oxygen atoms in total. The molecule has 0 fully saturated rings. The molecule has 2 aromatic rings. The molecule has 110 valence electrons. The quantitative estimate of drug-likeness (QED) is 0.423. The third-order valence-electron chi connectivity index (χ3n) is 2.77. The molecule has 0 radical (unpaired) electrons. The Hall–Kier alpha value is -1.79. The first-order valence-corrected chi connectivity index (χ1v) is 7.40. The molecule has 21 heavy (non-hydrogen) atoms. The second kappa shape index (κ2) is 6.78. The summed E-state index contributed by atoms with van der Waals surface area (Å²) in [4.78, 5) is 10.6. The number of nitrogens with zero attached hydrogens (tertiary/aromatic N) is 1. The van der Waals surface area contributed by atoms with E-state index in [1.54, 1.807) is 18.2 Å². The molecule has 0 aliphatic heterocycles. The second-order valence-electron chi connectivity index (χ2n) is 4.05. The van der Waals surface area contributed by atoms with Crippen molar-refractivity contribution in [1.29, 1.82) is 0 Å². The lowest BCUT2D eigenvalue weighted by Crippen LogP contribution is -1.96. The fourth-order valence-electron chi connectivity index (χ4n) is 1.74. The molecule has 0 N–H and O–H groups in total. The molecule has 0 amide bonds. The van der Waals surface area contributed by atoms with Crippen LogP contribution in [0.2, 0.25) is 5.02 Å². The van der Waals surface area contributed by atoms with Crippen molar-refractivity contribution in [1.82, 2.24) is 0 Å². The first-order chi connectivity index (χ1) is 10.1. The average molecular weight is 373 g/mol. The minimum atomic E-state index is -0.525. The van der Waals surface area contributed by atoms with E-state index in [1.165, 1.54) is 19.2 Å². The van der Waals surface area contributed by atoms with Crippen LogP contribution in [0.4, 0.5) is 5.69 Å². The summed E-state index contributed by atoms with van der Waals surface area (Å²) in [5, 5.41) is 12.1. The predicted octanol–water partition coefficient (Wildman–Crippen LogP) is 4.94. The number of rotatable bonds is 5. The Labute approximate surface area is 134 Å². The molecular weight excluding hydrogens is 362 g/mol. The number of para-hydroxylation sites is 1. The third-order valence-corrected chi connectivity index (χ3v) is 3.67. The highest BCUT2D eigenvalue weighted by Gasteiger charge is 2.19. The van der Waals surface area contributed by atoms with Crippen LogP contribution in [0.3, 0.4) is 0 Å². The van der Waals surface area contributed by atoms with E-state index in [-0.39, 0.29) is 11.4 Å². The summed E-state index contributed by atoms with van der Waals surface area (Å²) in [7, 11) is 1.44. The zero-order valence-electron chi connectivity index (χ0n) is 11.0. The van der Waals surface area contributed by atoms with Crippen molar-refractivity contribution < 1.29 is 14.4 Å². The monoisotopic (exact) mass is 371 g/mol. The first kappa shape index (κ1) is 15.6. The van der Waals surface area contributed by atoms with E-state index in [2.05, 4.69) is 15.9 Å². The maximum Gasteiger partial charge on any atom is 0.315 e. The van der Waals surface area contributed by atoms with Gasteiger partial charge in [0.2, 0.25) is 5.75 Å². The number of nitro benzene ring substituents is 1. The van der Waals surface area contributed by atoms with Crippen molar-refractivity contribution in [3.63, 3.8) is 0 Å². The number of halogens is 2. The molecule has 7 heteroatoms. The number of nitro groups is 1. The van der Waals surface area contributed by atoms with Gasteiger partial charge in [0, 0.05) is 10.9 Å². The normalized spacial score (nSPS) is 10.2. The summed E-state index contributed by atoms with van der Waals surface area (Å²) >= 11 is 9.44. The zero-order valence-corrected chi connectivity index (χ0v) is 13.3. The maximum absolute atomic E-state index is 11.1. The lowest BCUT2D eigenvalue weighted by molar-refractivity contribution is -0.385. The summed E-state index contributed by atoms with van der Waals surface area (Å²) in [5.74, 6) is 0.884. The molecule has 0 unspecified atom stereocenters. The Balaban J connectivity index is 2.47. The molecule has 0 spiro atoms. The van der Waals surface area contributed by atoms with E-state index in [1.807, 2.05) is 6.07 Å². The van der Waals surface area contributed by atoms with Crippen molar-refractivity contribution in [3.05, 3.63) is 57.1 Å². The molecule has 0 atom stereocenters. The molecule has 0 aromatic heterocycles. The average Bonchev–Trinajstić information content (AvgIpc) is 2.49. The van der Waals surface area contributed by atoms with E-state index < -0.39 is 4.92 Å². The lowest BCUT2D eigenvalue weighted by atomic mass is 10.2. The van der Waals surface area contributed by atoms with Crippen LogP contribution < -0.4 is 9.47 Å². The van der Waals surface area contributed by atoms with Gasteiger partial charge in [-0.05, 0) is 18.2 Å². The number of methoxy groups -OCH3 is 1. The fraction of sp³-hybridized carbons (Fsp3) is 0.143. The molecule has 0 saturated heterocycles. The fourth-order valence-corrected chi connectivity index (χ4v) is 2.41. The number of ether oxygens (including phenoxy) is 2. The molecule has 0 heterocycles. The lowest BCUT2D eigenvalue weighted by Gasteiger charge is -2.12. The molecule has 0 bridgehead atoms. The van der Waals surface area contributed by atoms with E-state index in [4.69, 9.17) is 21.1 Å².